The van der Waals surface area contributed by atoms with Gasteiger partial charge in [-0.1, -0.05) is 40.7 Å². The second-order valence-electron chi connectivity index (χ2n) is 18.9. The normalized spacial score (nSPS) is 28.8. The van der Waals surface area contributed by atoms with Gasteiger partial charge in [0.15, 0.2) is 5.78 Å². The molecule has 7 saturated heterocycles. The number of hydrogen-bond donors (Lipinski definition) is 1. The standard InChI is InChI=1S/C8H14O2.C7H14O2.C7H14O.C5H5NO2.C5H10O2.C5H10O.C5H8O.C4H8O2.C3H6O.CH4S/c1-9-5-6-2-3-7-8(4-6)10-7;1-3-7(4-8-2)5-9-6-7;1-3-4-7(2)5-8-6-7;1-6-4(7)2-3-5(6)8;1-5(3-6-2)4-7-5;1-4-5(2,3)6-4;1-3-5(6)4-2;1-5-2-4-3-6-4;1-3-2-4-3;1-2/h6-8H,2-5H2,1H3;3-6H2,1-2H3;3-6H2,1-2H3;2-3H,1H3;3-4H2,1-2H3;4H,1-3H3;3H,1,4H2,2H3;4H,2-3H2,1H3;3H,2H2,1H3;2H,1H3. The van der Waals surface area contributed by atoms with E-state index < -0.39 is 0 Å². The van der Waals surface area contributed by atoms with Crippen molar-refractivity contribution in [1.29, 1.82) is 0 Å². The number of epoxide rings is 5. The molecule has 7 atom stereocenters. The first kappa shape index (κ1) is 64.2. The summed E-state index contributed by atoms with van der Waals surface area (Å²) in [6.07, 6.45) is 16.4. The molecule has 16 heteroatoms. The predicted octanol–water partition coefficient (Wildman–Crippen LogP) is 7.36. The predicted molar refractivity (Wildman–Crippen MR) is 262 cm³/mol. The van der Waals surface area contributed by atoms with Crippen LogP contribution in [0.25, 0.3) is 0 Å². The minimum atomic E-state index is -0.241. The Hall–Kier alpha value is -1.80. The summed E-state index contributed by atoms with van der Waals surface area (Å²) in [5, 5.41) is 0. The van der Waals surface area contributed by atoms with Gasteiger partial charge in [0.1, 0.15) is 11.7 Å². The van der Waals surface area contributed by atoms with Crippen LogP contribution in [0.15, 0.2) is 24.8 Å². The highest BCUT2D eigenvalue weighted by atomic mass is 32.1. The number of carbonyl (C=O) groups is 3. The number of ether oxygens (including phenoxy) is 11. The maximum absolute atomic E-state index is 10.4. The van der Waals surface area contributed by atoms with Crippen LogP contribution in [0.1, 0.15) is 107 Å². The second-order valence-corrected chi connectivity index (χ2v) is 18.9. The zero-order chi connectivity index (χ0) is 50.4. The first-order chi connectivity index (χ1) is 31.2. The van der Waals surface area contributed by atoms with Crippen molar-refractivity contribution >= 4 is 30.2 Å². The Labute approximate surface area is 405 Å². The number of fused-ring (bicyclic) bond motifs is 1. The van der Waals surface area contributed by atoms with E-state index in [2.05, 4.69) is 67.7 Å². The van der Waals surface area contributed by atoms with Gasteiger partial charge in [0.05, 0.1) is 96.1 Å². The molecule has 0 N–H and O–H groups in total. The van der Waals surface area contributed by atoms with Crippen molar-refractivity contribution in [2.75, 3.05) is 114 Å². The fourth-order valence-corrected chi connectivity index (χ4v) is 6.16. The van der Waals surface area contributed by atoms with Crippen LogP contribution in [-0.2, 0) is 66.5 Å². The molecule has 8 fully saturated rings. The Bertz CT molecular complexity index is 1320. The third-order valence-electron chi connectivity index (χ3n) is 11.6. The van der Waals surface area contributed by atoms with Crippen molar-refractivity contribution in [3.8, 4) is 0 Å². The van der Waals surface area contributed by atoms with Gasteiger partial charge >= 0.3 is 0 Å². The minimum Gasteiger partial charge on any atom is -0.384 e. The highest BCUT2D eigenvalue weighted by molar-refractivity contribution is 7.79. The maximum Gasteiger partial charge on any atom is 0.253 e. The third kappa shape index (κ3) is 30.6. The number of ketones is 1. The van der Waals surface area contributed by atoms with Crippen LogP contribution >= 0.6 is 12.6 Å². The molecule has 7 unspecified atom stereocenters. The molecule has 8 aliphatic heterocycles. The molecular formula is C50H93NO14S. The maximum atomic E-state index is 10.4. The van der Waals surface area contributed by atoms with E-state index in [1.54, 1.807) is 34.7 Å². The number of hydrogen-bond acceptors (Lipinski definition) is 15. The summed E-state index contributed by atoms with van der Waals surface area (Å²) < 4.78 is 55.0. The Morgan fingerprint density at radius 2 is 1.32 bits per heavy atom. The molecule has 0 aromatic heterocycles. The van der Waals surface area contributed by atoms with Gasteiger partial charge in [-0.15, -0.1) is 0 Å². The summed E-state index contributed by atoms with van der Waals surface area (Å²) in [6.45, 7) is 31.9. The highest BCUT2D eigenvalue weighted by Gasteiger charge is 2.44. The minimum absolute atomic E-state index is 0.0781. The summed E-state index contributed by atoms with van der Waals surface area (Å²) in [4.78, 5) is 31.9. The molecule has 0 aromatic rings. The van der Waals surface area contributed by atoms with Crippen LogP contribution in [0, 0.1) is 16.7 Å². The Balaban J connectivity index is 0.000000723. The van der Waals surface area contributed by atoms with Gasteiger partial charge in [-0.3, -0.25) is 19.3 Å². The summed E-state index contributed by atoms with van der Waals surface area (Å²) in [6, 6.07) is 0. The highest BCUT2D eigenvalue weighted by Crippen LogP contribution is 2.39. The Kier molecular flexibility index (Phi) is 33.5. The number of methoxy groups -OCH3 is 4. The molecule has 15 nitrogen and oxygen atoms in total. The van der Waals surface area contributed by atoms with Gasteiger partial charge in [0.25, 0.3) is 11.8 Å². The number of carbonyl (C=O) groups excluding carboxylic acids is 3. The molecule has 388 valence electrons. The third-order valence-corrected chi connectivity index (χ3v) is 11.6. The van der Waals surface area contributed by atoms with Gasteiger partial charge in [-0.25, -0.2) is 0 Å². The SMILES string of the molecule is C=CC(=O)CC.CC1CO1.CC1OC1(C)C.CCC1(COC)COC1.CCCC1(C)COC1.CN1C(=O)C=CC1=O.COCC1(C)CO1.COCC1CCC2OC2C1.COCC1CO1.CS. The van der Waals surface area contributed by atoms with Crippen molar-refractivity contribution in [2.45, 2.75) is 149 Å². The first-order valence-electron chi connectivity index (χ1n) is 23.7. The lowest BCUT2D eigenvalue weighted by molar-refractivity contribution is -0.144. The lowest BCUT2D eigenvalue weighted by Gasteiger charge is -2.39. The molecular weight excluding hydrogens is 871 g/mol. The van der Waals surface area contributed by atoms with Crippen molar-refractivity contribution in [3.63, 3.8) is 0 Å². The van der Waals surface area contributed by atoms with Gasteiger partial charge in [0.2, 0.25) is 0 Å². The van der Waals surface area contributed by atoms with Crippen LogP contribution in [0.5, 0.6) is 0 Å². The second kappa shape index (κ2) is 34.5. The topological polar surface area (TPSA) is 172 Å². The van der Waals surface area contributed by atoms with Gasteiger partial charge < -0.3 is 52.1 Å². The molecule has 66 heavy (non-hydrogen) atoms. The van der Waals surface area contributed by atoms with E-state index in [4.69, 9.17) is 52.1 Å². The fourth-order valence-electron chi connectivity index (χ4n) is 6.16. The molecule has 0 radical (unpaired) electrons. The largest absolute Gasteiger partial charge is 0.384 e. The number of allylic oxidation sites excluding steroid dienone is 1. The Morgan fingerprint density at radius 3 is 1.50 bits per heavy atom. The van der Waals surface area contributed by atoms with E-state index in [9.17, 15) is 14.4 Å². The summed E-state index contributed by atoms with van der Waals surface area (Å²) >= 11 is 3.53. The lowest BCUT2D eigenvalue weighted by Crippen LogP contribution is -2.45. The van der Waals surface area contributed by atoms with Crippen molar-refractivity contribution in [1.82, 2.24) is 4.90 Å². The van der Waals surface area contributed by atoms with E-state index >= 15 is 0 Å². The van der Waals surface area contributed by atoms with Crippen LogP contribution in [0.3, 0.4) is 0 Å². The average Bonchev–Trinajstić information content (AvgIpc) is 4.01. The number of thiol groups is 1. The molecule has 1 aliphatic carbocycles. The van der Waals surface area contributed by atoms with Crippen molar-refractivity contribution in [3.05, 3.63) is 24.8 Å². The molecule has 0 spiro atoms. The number of nitrogens with zero attached hydrogens (tertiary/aromatic N) is 1. The van der Waals surface area contributed by atoms with Crippen LogP contribution in [0.4, 0.5) is 0 Å². The first-order valence-corrected chi connectivity index (χ1v) is 24.6. The molecule has 0 bridgehead atoms. The van der Waals surface area contributed by atoms with Crippen LogP contribution in [-0.4, -0.2) is 179 Å². The van der Waals surface area contributed by atoms with Crippen molar-refractivity contribution in [2.24, 2.45) is 16.7 Å². The van der Waals surface area contributed by atoms with Crippen molar-refractivity contribution < 1.29 is 66.5 Å². The summed E-state index contributed by atoms with van der Waals surface area (Å²) in [5.74, 6) is 0.397. The Morgan fingerprint density at radius 1 is 0.818 bits per heavy atom. The van der Waals surface area contributed by atoms with Gasteiger partial charge in [-0.2, -0.15) is 12.6 Å². The smallest absolute Gasteiger partial charge is 0.253 e. The molecule has 9 aliphatic rings. The molecule has 0 aromatic carbocycles. The summed E-state index contributed by atoms with van der Waals surface area (Å²) in [5.41, 5.74) is 1.21. The van der Waals surface area contributed by atoms with E-state index in [0.717, 1.165) is 83.5 Å². The zero-order valence-corrected chi connectivity index (χ0v) is 44.6. The van der Waals surface area contributed by atoms with Gasteiger partial charge in [-0.05, 0) is 85.0 Å². The fraction of sp³-hybridized carbons (Fsp3) is 0.860. The molecule has 9 rings (SSSR count). The van der Waals surface area contributed by atoms with E-state index in [1.165, 1.54) is 63.8 Å². The van der Waals surface area contributed by atoms with Crippen LogP contribution < -0.4 is 0 Å². The van der Waals surface area contributed by atoms with E-state index in [-0.39, 0.29) is 28.8 Å². The lowest BCUT2D eigenvalue weighted by atomic mass is 9.84. The zero-order valence-electron chi connectivity index (χ0n) is 43.7. The number of likely N-dealkylation sites (N-methyl/N-ethyl adjacent to an activating group) is 1. The average molecular weight is 964 g/mol. The molecule has 1 saturated carbocycles. The molecule has 2 amide bonds. The van der Waals surface area contributed by atoms with Gasteiger partial charge in [0, 0.05) is 71.5 Å². The quantitative estimate of drug-likeness (QED) is 0.0840. The molecule has 8 heterocycles. The summed E-state index contributed by atoms with van der Waals surface area (Å²) in [7, 11) is 8.34. The number of amides is 2. The van der Waals surface area contributed by atoms with E-state index in [1.807, 2.05) is 13.8 Å². The van der Waals surface area contributed by atoms with Crippen LogP contribution in [0.2, 0.25) is 0 Å². The van der Waals surface area contributed by atoms with E-state index in [0.29, 0.717) is 47.8 Å². The monoisotopic (exact) mass is 964 g/mol. The number of rotatable bonds is 13. The number of imide groups is 1.